The third-order valence-corrected chi connectivity index (χ3v) is 4.63. The summed E-state index contributed by atoms with van der Waals surface area (Å²) in [5, 5.41) is 6.48. The van der Waals surface area contributed by atoms with Crippen molar-refractivity contribution >= 4 is 29.2 Å². The van der Waals surface area contributed by atoms with Crippen LogP contribution in [0.4, 0.5) is 5.69 Å². The van der Waals surface area contributed by atoms with Gasteiger partial charge in [-0.25, -0.2) is 10.2 Å². The summed E-state index contributed by atoms with van der Waals surface area (Å²) in [6.45, 7) is 3.54. The molecule has 0 aliphatic rings. The number of hydrogen-bond acceptors (Lipinski definition) is 6. The number of nitrogens with zero attached hydrogens (tertiary/aromatic N) is 1. The van der Waals surface area contributed by atoms with Crippen LogP contribution in [0, 0.1) is 6.92 Å². The van der Waals surface area contributed by atoms with Gasteiger partial charge in [0, 0.05) is 11.3 Å². The van der Waals surface area contributed by atoms with E-state index in [1.165, 1.54) is 7.11 Å². The molecular weight excluding hydrogens is 422 g/mol. The maximum absolute atomic E-state index is 12.6. The third kappa shape index (κ3) is 6.27. The van der Waals surface area contributed by atoms with Gasteiger partial charge in [0.15, 0.2) is 0 Å². The molecule has 0 aliphatic carbocycles. The number of hydrazone groups is 1. The van der Waals surface area contributed by atoms with Gasteiger partial charge in [0.05, 0.1) is 18.4 Å². The SMILES string of the molecule is COc1cccc(C(=O)Oc2ccccc2/C(C)=N/NC(=O)C(=O)Nc2ccc(C)cc2)c1. The molecule has 0 spiro atoms. The maximum atomic E-state index is 12.6. The Morgan fingerprint density at radius 2 is 1.61 bits per heavy atom. The molecule has 0 saturated carbocycles. The molecular formula is C25H23N3O5. The number of rotatable bonds is 6. The second kappa shape index (κ2) is 10.7. The average molecular weight is 445 g/mol. The van der Waals surface area contributed by atoms with Crippen molar-refractivity contribution in [2.75, 3.05) is 12.4 Å². The van der Waals surface area contributed by atoms with E-state index in [1.54, 1.807) is 67.6 Å². The number of carbonyl (C=O) groups is 3. The minimum atomic E-state index is -0.930. The summed E-state index contributed by atoms with van der Waals surface area (Å²) in [7, 11) is 1.51. The van der Waals surface area contributed by atoms with E-state index in [1.807, 2.05) is 19.1 Å². The first-order valence-electron chi connectivity index (χ1n) is 10.1. The molecule has 0 bridgehead atoms. The van der Waals surface area contributed by atoms with E-state index in [9.17, 15) is 14.4 Å². The van der Waals surface area contributed by atoms with Gasteiger partial charge in [-0.2, -0.15) is 5.10 Å². The number of benzene rings is 3. The Labute approximate surface area is 191 Å². The van der Waals surface area contributed by atoms with Crippen molar-refractivity contribution < 1.29 is 23.9 Å². The van der Waals surface area contributed by atoms with Crippen molar-refractivity contribution in [3.8, 4) is 11.5 Å². The second-order valence-corrected chi connectivity index (χ2v) is 7.08. The lowest BCUT2D eigenvalue weighted by atomic mass is 10.1. The van der Waals surface area contributed by atoms with E-state index >= 15 is 0 Å². The van der Waals surface area contributed by atoms with Crippen LogP contribution in [0.15, 0.2) is 77.9 Å². The number of amides is 2. The summed E-state index contributed by atoms with van der Waals surface area (Å²) >= 11 is 0. The molecule has 0 radical (unpaired) electrons. The number of nitrogens with one attached hydrogen (secondary N) is 2. The van der Waals surface area contributed by atoms with E-state index in [-0.39, 0.29) is 5.75 Å². The number of para-hydroxylation sites is 1. The summed E-state index contributed by atoms with van der Waals surface area (Å²) < 4.78 is 10.7. The Balaban J connectivity index is 1.68. The lowest BCUT2D eigenvalue weighted by Crippen LogP contribution is -2.33. The van der Waals surface area contributed by atoms with Crippen molar-refractivity contribution in [3.05, 3.63) is 89.5 Å². The van der Waals surface area contributed by atoms with Crippen LogP contribution < -0.4 is 20.2 Å². The molecule has 3 aromatic rings. The second-order valence-electron chi connectivity index (χ2n) is 7.08. The van der Waals surface area contributed by atoms with Crippen molar-refractivity contribution in [1.29, 1.82) is 0 Å². The Kier molecular flexibility index (Phi) is 7.54. The molecule has 0 fully saturated rings. The predicted molar refractivity (Wildman–Crippen MR) is 125 cm³/mol. The Bertz CT molecular complexity index is 1200. The largest absolute Gasteiger partial charge is 0.497 e. The van der Waals surface area contributed by atoms with Crippen LogP contribution >= 0.6 is 0 Å². The van der Waals surface area contributed by atoms with Gasteiger partial charge < -0.3 is 14.8 Å². The Hall–Kier alpha value is -4.46. The quantitative estimate of drug-likeness (QED) is 0.198. The molecule has 0 aliphatic heterocycles. The predicted octanol–water partition coefficient (Wildman–Crippen LogP) is 3.70. The fourth-order valence-electron chi connectivity index (χ4n) is 2.83. The normalized spacial score (nSPS) is 10.8. The van der Waals surface area contributed by atoms with Crippen molar-refractivity contribution in [1.82, 2.24) is 5.43 Å². The smallest absolute Gasteiger partial charge is 0.343 e. The minimum Gasteiger partial charge on any atom is -0.497 e. The highest BCUT2D eigenvalue weighted by atomic mass is 16.5. The minimum absolute atomic E-state index is 0.255. The summed E-state index contributed by atoms with van der Waals surface area (Å²) in [6.07, 6.45) is 0. The Morgan fingerprint density at radius 1 is 0.879 bits per heavy atom. The molecule has 0 unspecified atom stereocenters. The summed E-state index contributed by atoms with van der Waals surface area (Å²) in [4.78, 5) is 36.8. The molecule has 0 aromatic heterocycles. The van der Waals surface area contributed by atoms with Gasteiger partial charge in [0.1, 0.15) is 11.5 Å². The standard InChI is InChI=1S/C25H23N3O5/c1-16-11-13-19(14-12-16)26-23(29)24(30)28-27-17(2)21-9-4-5-10-22(21)33-25(31)18-7-6-8-20(15-18)32-3/h4-15H,1-3H3,(H,26,29)(H,28,30)/b27-17+. The number of aryl methyl sites for hydroxylation is 1. The highest BCUT2D eigenvalue weighted by molar-refractivity contribution is 6.39. The topological polar surface area (TPSA) is 106 Å². The van der Waals surface area contributed by atoms with Crippen LogP contribution in [0.5, 0.6) is 11.5 Å². The summed E-state index contributed by atoms with van der Waals surface area (Å²) in [6, 6.07) is 20.4. The fraction of sp³-hybridized carbons (Fsp3) is 0.120. The number of carbonyl (C=O) groups excluding carboxylic acids is 3. The van der Waals surface area contributed by atoms with Gasteiger partial charge in [-0.15, -0.1) is 0 Å². The average Bonchev–Trinajstić information content (AvgIpc) is 2.84. The van der Waals surface area contributed by atoms with E-state index in [0.717, 1.165) is 5.56 Å². The highest BCUT2D eigenvalue weighted by Crippen LogP contribution is 2.21. The van der Waals surface area contributed by atoms with Gasteiger partial charge in [0.2, 0.25) is 0 Å². The fourth-order valence-corrected chi connectivity index (χ4v) is 2.83. The number of anilines is 1. The molecule has 8 heteroatoms. The number of ether oxygens (including phenoxy) is 2. The van der Waals surface area contributed by atoms with Crippen LogP contribution in [0.25, 0.3) is 0 Å². The molecule has 33 heavy (non-hydrogen) atoms. The van der Waals surface area contributed by atoms with Crippen LogP contribution in [0.3, 0.4) is 0 Å². The molecule has 3 rings (SSSR count). The van der Waals surface area contributed by atoms with E-state index < -0.39 is 17.8 Å². The van der Waals surface area contributed by atoms with Crippen molar-refractivity contribution in [2.45, 2.75) is 13.8 Å². The van der Waals surface area contributed by atoms with E-state index in [0.29, 0.717) is 28.3 Å². The number of methoxy groups -OCH3 is 1. The lowest BCUT2D eigenvalue weighted by Gasteiger charge is -2.11. The van der Waals surface area contributed by atoms with Crippen molar-refractivity contribution in [3.63, 3.8) is 0 Å². The molecule has 168 valence electrons. The van der Waals surface area contributed by atoms with Gasteiger partial charge >= 0.3 is 17.8 Å². The molecule has 2 N–H and O–H groups in total. The Morgan fingerprint density at radius 3 is 2.33 bits per heavy atom. The van der Waals surface area contributed by atoms with Crippen LogP contribution in [-0.2, 0) is 9.59 Å². The monoisotopic (exact) mass is 445 g/mol. The van der Waals surface area contributed by atoms with Crippen LogP contribution in [0.1, 0.15) is 28.4 Å². The lowest BCUT2D eigenvalue weighted by molar-refractivity contribution is -0.136. The first-order chi connectivity index (χ1) is 15.9. The molecule has 0 saturated heterocycles. The third-order valence-electron chi connectivity index (χ3n) is 4.63. The summed E-state index contributed by atoms with van der Waals surface area (Å²) in [5.41, 5.74) is 4.89. The number of hydrogen-bond donors (Lipinski definition) is 2. The molecule has 0 atom stereocenters. The number of esters is 1. The first kappa shape index (κ1) is 23.2. The van der Waals surface area contributed by atoms with E-state index in [2.05, 4.69) is 15.8 Å². The molecule has 3 aromatic carbocycles. The first-order valence-corrected chi connectivity index (χ1v) is 10.1. The zero-order valence-corrected chi connectivity index (χ0v) is 18.4. The molecule has 8 nitrogen and oxygen atoms in total. The van der Waals surface area contributed by atoms with Gasteiger partial charge in [-0.3, -0.25) is 9.59 Å². The molecule has 0 heterocycles. The highest BCUT2D eigenvalue weighted by Gasteiger charge is 2.16. The van der Waals surface area contributed by atoms with E-state index in [4.69, 9.17) is 9.47 Å². The van der Waals surface area contributed by atoms with Crippen LogP contribution in [0.2, 0.25) is 0 Å². The van der Waals surface area contributed by atoms with Gasteiger partial charge in [0.25, 0.3) is 0 Å². The van der Waals surface area contributed by atoms with Crippen molar-refractivity contribution in [2.24, 2.45) is 5.10 Å². The zero-order valence-electron chi connectivity index (χ0n) is 18.4. The van der Waals surface area contributed by atoms with Crippen LogP contribution in [-0.4, -0.2) is 30.6 Å². The summed E-state index contributed by atoms with van der Waals surface area (Å²) in [5.74, 6) is -1.57. The molecule has 2 amide bonds. The maximum Gasteiger partial charge on any atom is 0.343 e. The van der Waals surface area contributed by atoms with Gasteiger partial charge in [-0.05, 0) is 56.3 Å². The zero-order chi connectivity index (χ0) is 23.8. The van der Waals surface area contributed by atoms with Gasteiger partial charge in [-0.1, -0.05) is 35.9 Å².